The number of hydrogen-bond acceptors (Lipinski definition) is 7. The fraction of sp³-hybridized carbons (Fsp3) is 0.375. The number of halogens is 3. The Morgan fingerprint density at radius 3 is 1.89 bits per heavy atom. The van der Waals surface area contributed by atoms with E-state index in [1.165, 1.54) is 0 Å². The Balaban J connectivity index is 3.26. The summed E-state index contributed by atoms with van der Waals surface area (Å²) < 4.78 is 53.9. The SMILES string of the molecule is COC(=O)C[C@H](C(=O)OC)[C@@H](NC(=O)c1c(F)cc(F)cc1F)C(=O)OC. The predicted molar refractivity (Wildman–Crippen MR) is 81.7 cm³/mol. The van der Waals surface area contributed by atoms with Crippen molar-refractivity contribution in [2.75, 3.05) is 21.3 Å². The number of methoxy groups -OCH3 is 3. The summed E-state index contributed by atoms with van der Waals surface area (Å²) in [6.45, 7) is 0. The monoisotopic (exact) mass is 391 g/mol. The molecule has 2 atom stereocenters. The lowest BCUT2D eigenvalue weighted by Crippen LogP contribution is -2.50. The Labute approximate surface area is 151 Å². The third-order valence-electron chi connectivity index (χ3n) is 3.50. The van der Waals surface area contributed by atoms with E-state index < -0.39 is 65.2 Å². The molecule has 148 valence electrons. The smallest absolute Gasteiger partial charge is 0.329 e. The first-order chi connectivity index (χ1) is 12.7. The van der Waals surface area contributed by atoms with E-state index in [1.54, 1.807) is 0 Å². The van der Waals surface area contributed by atoms with Gasteiger partial charge in [0.15, 0.2) is 0 Å². The van der Waals surface area contributed by atoms with Crippen molar-refractivity contribution < 1.29 is 46.6 Å². The molecule has 1 aromatic carbocycles. The van der Waals surface area contributed by atoms with Crippen molar-refractivity contribution in [3.05, 3.63) is 35.1 Å². The summed E-state index contributed by atoms with van der Waals surface area (Å²) in [5, 5.41) is 1.91. The van der Waals surface area contributed by atoms with Crippen LogP contribution in [0.25, 0.3) is 0 Å². The standard InChI is InChI=1S/C16H16F3NO7/c1-25-11(21)6-8(15(23)26-2)13(16(24)27-3)20-14(22)12-9(18)4-7(17)5-10(12)19/h4-5,8,13H,6H2,1-3H3,(H,20,22)/t8-,13+/m0/s1. The van der Waals surface area contributed by atoms with Gasteiger partial charge in [-0.25, -0.2) is 18.0 Å². The maximum absolute atomic E-state index is 13.8. The first-order valence-electron chi connectivity index (χ1n) is 7.34. The van der Waals surface area contributed by atoms with Crippen molar-refractivity contribution in [2.24, 2.45) is 5.92 Å². The van der Waals surface area contributed by atoms with Crippen molar-refractivity contribution >= 4 is 23.8 Å². The molecule has 0 fully saturated rings. The summed E-state index contributed by atoms with van der Waals surface area (Å²) in [4.78, 5) is 47.6. The first-order valence-corrected chi connectivity index (χ1v) is 7.34. The number of nitrogens with one attached hydrogen (secondary N) is 1. The second-order valence-corrected chi connectivity index (χ2v) is 5.13. The molecule has 0 saturated heterocycles. The van der Waals surface area contributed by atoms with Crippen molar-refractivity contribution in [1.82, 2.24) is 5.32 Å². The number of carbonyl (C=O) groups excluding carboxylic acids is 4. The summed E-state index contributed by atoms with van der Waals surface area (Å²) in [7, 11) is 2.90. The van der Waals surface area contributed by atoms with Crippen LogP contribution in [0.3, 0.4) is 0 Å². The van der Waals surface area contributed by atoms with Crippen LogP contribution in [0.1, 0.15) is 16.8 Å². The topological polar surface area (TPSA) is 108 Å². The second kappa shape index (κ2) is 9.55. The van der Waals surface area contributed by atoms with Gasteiger partial charge >= 0.3 is 17.9 Å². The number of benzene rings is 1. The zero-order chi connectivity index (χ0) is 20.7. The van der Waals surface area contributed by atoms with E-state index in [4.69, 9.17) is 0 Å². The average molecular weight is 391 g/mol. The molecule has 27 heavy (non-hydrogen) atoms. The molecule has 0 unspecified atom stereocenters. The van der Waals surface area contributed by atoms with E-state index in [1.807, 2.05) is 5.32 Å². The zero-order valence-electron chi connectivity index (χ0n) is 14.5. The molecule has 0 bridgehead atoms. The molecule has 1 rings (SSSR count). The molecule has 0 radical (unpaired) electrons. The van der Waals surface area contributed by atoms with E-state index in [0.29, 0.717) is 0 Å². The molecule has 1 N–H and O–H groups in total. The minimum absolute atomic E-state index is 0.261. The molecule has 0 saturated carbocycles. The largest absolute Gasteiger partial charge is 0.469 e. The van der Waals surface area contributed by atoms with E-state index in [-0.39, 0.29) is 12.1 Å². The average Bonchev–Trinajstić information content (AvgIpc) is 2.61. The molecule has 8 nitrogen and oxygen atoms in total. The van der Waals surface area contributed by atoms with Crippen LogP contribution in [-0.4, -0.2) is 51.2 Å². The third-order valence-corrected chi connectivity index (χ3v) is 3.50. The first kappa shape index (κ1) is 21.9. The van der Waals surface area contributed by atoms with E-state index in [9.17, 15) is 32.3 Å². The number of hydrogen-bond donors (Lipinski definition) is 1. The Morgan fingerprint density at radius 1 is 0.926 bits per heavy atom. The maximum Gasteiger partial charge on any atom is 0.329 e. The van der Waals surface area contributed by atoms with E-state index in [2.05, 4.69) is 14.2 Å². The van der Waals surface area contributed by atoms with Gasteiger partial charge in [0.25, 0.3) is 5.91 Å². The number of amides is 1. The number of ether oxygens (including phenoxy) is 3. The van der Waals surface area contributed by atoms with E-state index >= 15 is 0 Å². The Morgan fingerprint density at radius 2 is 1.44 bits per heavy atom. The van der Waals surface area contributed by atoms with Gasteiger partial charge in [-0.1, -0.05) is 0 Å². The van der Waals surface area contributed by atoms with Crippen molar-refractivity contribution in [3.63, 3.8) is 0 Å². The summed E-state index contributed by atoms with van der Waals surface area (Å²) in [5.41, 5.74) is -1.19. The van der Waals surface area contributed by atoms with Gasteiger partial charge in [-0.15, -0.1) is 0 Å². The lowest BCUT2D eigenvalue weighted by Gasteiger charge is -2.23. The van der Waals surface area contributed by atoms with Crippen LogP contribution >= 0.6 is 0 Å². The highest BCUT2D eigenvalue weighted by Gasteiger charge is 2.39. The second-order valence-electron chi connectivity index (χ2n) is 5.13. The maximum atomic E-state index is 13.8. The lowest BCUT2D eigenvalue weighted by molar-refractivity contribution is -0.158. The molecule has 1 aromatic rings. The van der Waals surface area contributed by atoms with Gasteiger partial charge in [-0.3, -0.25) is 14.4 Å². The van der Waals surface area contributed by atoms with Crippen LogP contribution in [-0.2, 0) is 28.6 Å². The molecule has 0 heterocycles. The number of esters is 3. The molecular formula is C16H16F3NO7. The van der Waals surface area contributed by atoms with Crippen LogP contribution in [0.4, 0.5) is 13.2 Å². The van der Waals surface area contributed by atoms with Gasteiger partial charge in [0, 0.05) is 12.1 Å². The number of rotatable bonds is 7. The fourth-order valence-corrected chi connectivity index (χ4v) is 2.17. The molecule has 11 heteroatoms. The van der Waals surface area contributed by atoms with Gasteiger partial charge in [-0.05, 0) is 0 Å². The third kappa shape index (κ3) is 5.43. The summed E-state index contributed by atoms with van der Waals surface area (Å²) in [6, 6.07) is -1.31. The summed E-state index contributed by atoms with van der Waals surface area (Å²) in [6.07, 6.45) is -0.697. The van der Waals surface area contributed by atoms with Gasteiger partial charge in [0.1, 0.15) is 29.1 Å². The zero-order valence-corrected chi connectivity index (χ0v) is 14.5. The highest BCUT2D eigenvalue weighted by molar-refractivity contribution is 5.98. The van der Waals surface area contributed by atoms with Gasteiger partial charge in [-0.2, -0.15) is 0 Å². The molecule has 0 aromatic heterocycles. The van der Waals surface area contributed by atoms with Gasteiger partial charge in [0.2, 0.25) is 0 Å². The molecule has 1 amide bonds. The Hall–Kier alpha value is -3.11. The Bertz CT molecular complexity index is 731. The molecule has 0 aliphatic rings. The quantitative estimate of drug-likeness (QED) is 0.539. The lowest BCUT2D eigenvalue weighted by atomic mass is 9.95. The van der Waals surface area contributed by atoms with Gasteiger partial charge < -0.3 is 19.5 Å². The minimum atomic E-state index is -1.84. The van der Waals surface area contributed by atoms with Crippen molar-refractivity contribution in [3.8, 4) is 0 Å². The predicted octanol–water partition coefficient (Wildman–Crippen LogP) is 0.728. The van der Waals surface area contributed by atoms with Crippen LogP contribution in [0, 0.1) is 23.4 Å². The number of carbonyl (C=O) groups is 4. The normalized spacial score (nSPS) is 12.5. The van der Waals surface area contributed by atoms with E-state index in [0.717, 1.165) is 21.3 Å². The molecule has 0 aliphatic carbocycles. The van der Waals surface area contributed by atoms with Crippen LogP contribution < -0.4 is 5.32 Å². The Kier molecular flexibility index (Phi) is 7.76. The van der Waals surface area contributed by atoms with Crippen LogP contribution in [0.2, 0.25) is 0 Å². The summed E-state index contributed by atoms with van der Waals surface area (Å²) >= 11 is 0. The van der Waals surface area contributed by atoms with Crippen LogP contribution in [0.5, 0.6) is 0 Å². The van der Waals surface area contributed by atoms with Gasteiger partial charge in [0.05, 0.1) is 33.7 Å². The fourth-order valence-electron chi connectivity index (χ4n) is 2.17. The highest BCUT2D eigenvalue weighted by Crippen LogP contribution is 2.18. The summed E-state index contributed by atoms with van der Waals surface area (Å²) in [5.74, 6) is -10.6. The van der Waals surface area contributed by atoms with Crippen molar-refractivity contribution in [1.29, 1.82) is 0 Å². The highest BCUT2D eigenvalue weighted by atomic mass is 19.1. The molecule has 0 aliphatic heterocycles. The van der Waals surface area contributed by atoms with Crippen LogP contribution in [0.15, 0.2) is 12.1 Å². The minimum Gasteiger partial charge on any atom is -0.469 e. The van der Waals surface area contributed by atoms with Crippen molar-refractivity contribution in [2.45, 2.75) is 12.5 Å². The molecule has 0 spiro atoms. The molecular weight excluding hydrogens is 375 g/mol.